The van der Waals surface area contributed by atoms with Crippen LogP contribution in [0.15, 0.2) is 23.0 Å². The molecule has 0 bridgehead atoms. The van der Waals surface area contributed by atoms with E-state index in [1.807, 2.05) is 0 Å². The summed E-state index contributed by atoms with van der Waals surface area (Å²) in [6.07, 6.45) is 4.11. The van der Waals surface area contributed by atoms with E-state index >= 15 is 0 Å². The lowest BCUT2D eigenvalue weighted by atomic mass is 10.1. The van der Waals surface area contributed by atoms with Crippen LogP contribution in [-0.2, 0) is 0 Å². The minimum absolute atomic E-state index is 0.0285. The monoisotopic (exact) mass is 345 g/mol. The van der Waals surface area contributed by atoms with E-state index in [4.69, 9.17) is 4.74 Å². The van der Waals surface area contributed by atoms with Crippen molar-refractivity contribution < 1.29 is 13.9 Å². The average molecular weight is 345 g/mol. The summed E-state index contributed by atoms with van der Waals surface area (Å²) in [7, 11) is 0. The first-order valence-corrected chi connectivity index (χ1v) is 8.29. The Bertz CT molecular complexity index is 857. The first kappa shape index (κ1) is 17.1. The van der Waals surface area contributed by atoms with Crippen LogP contribution >= 0.6 is 0 Å². The Morgan fingerprint density at radius 3 is 2.72 bits per heavy atom. The van der Waals surface area contributed by atoms with Gasteiger partial charge in [-0.15, -0.1) is 0 Å². The van der Waals surface area contributed by atoms with Gasteiger partial charge in [0.1, 0.15) is 5.56 Å². The van der Waals surface area contributed by atoms with Crippen molar-refractivity contribution in [3.8, 4) is 5.75 Å². The van der Waals surface area contributed by atoms with E-state index < -0.39 is 17.3 Å². The third-order valence-electron chi connectivity index (χ3n) is 4.48. The molecule has 3 rings (SSSR count). The van der Waals surface area contributed by atoms with E-state index in [-0.39, 0.29) is 23.1 Å². The second-order valence-electron chi connectivity index (χ2n) is 6.26. The van der Waals surface area contributed by atoms with Crippen molar-refractivity contribution in [2.45, 2.75) is 45.6 Å². The molecule has 0 radical (unpaired) electrons. The number of hydrogen-bond acceptors (Lipinski definition) is 4. The third-order valence-corrected chi connectivity index (χ3v) is 4.48. The summed E-state index contributed by atoms with van der Waals surface area (Å²) in [5, 5.41) is 8.63. The van der Waals surface area contributed by atoms with Crippen LogP contribution < -0.4 is 15.6 Å². The molecule has 25 heavy (non-hydrogen) atoms. The molecule has 0 spiro atoms. The van der Waals surface area contributed by atoms with Crippen molar-refractivity contribution in [3.63, 3.8) is 0 Å². The van der Waals surface area contributed by atoms with Gasteiger partial charge in [-0.25, -0.2) is 9.49 Å². The number of halogens is 1. The highest BCUT2D eigenvalue weighted by molar-refractivity contribution is 6.05. The fraction of sp³-hybridized carbons (Fsp3) is 0.389. The van der Waals surface area contributed by atoms with Crippen molar-refractivity contribution in [1.82, 2.24) is 10.2 Å². The molecule has 1 aliphatic rings. The minimum Gasteiger partial charge on any atom is -0.487 e. The zero-order valence-electron chi connectivity index (χ0n) is 14.2. The second-order valence-corrected chi connectivity index (χ2v) is 6.26. The van der Waals surface area contributed by atoms with Gasteiger partial charge in [0.15, 0.2) is 11.6 Å². The summed E-state index contributed by atoms with van der Waals surface area (Å²) >= 11 is 0. The molecule has 1 saturated carbocycles. The van der Waals surface area contributed by atoms with Gasteiger partial charge in [0.05, 0.1) is 11.8 Å². The zero-order valence-corrected chi connectivity index (χ0v) is 14.2. The predicted octanol–water partition coefficient (Wildman–Crippen LogP) is 3.10. The van der Waals surface area contributed by atoms with Crippen LogP contribution in [0.25, 0.3) is 0 Å². The first-order valence-electron chi connectivity index (χ1n) is 8.29. The van der Waals surface area contributed by atoms with E-state index in [9.17, 15) is 14.0 Å². The largest absolute Gasteiger partial charge is 0.487 e. The van der Waals surface area contributed by atoms with Crippen LogP contribution in [0.5, 0.6) is 5.75 Å². The fourth-order valence-corrected chi connectivity index (χ4v) is 2.95. The highest BCUT2D eigenvalue weighted by Crippen LogP contribution is 2.27. The number of aromatic nitrogens is 2. The van der Waals surface area contributed by atoms with Gasteiger partial charge < -0.3 is 10.1 Å². The van der Waals surface area contributed by atoms with Gasteiger partial charge in [0, 0.05) is 11.8 Å². The molecule has 132 valence electrons. The maximum Gasteiger partial charge on any atom is 0.277 e. The molecule has 0 aliphatic heterocycles. The summed E-state index contributed by atoms with van der Waals surface area (Å²) < 4.78 is 19.9. The Morgan fingerprint density at radius 1 is 1.32 bits per heavy atom. The lowest BCUT2D eigenvalue weighted by Gasteiger charge is -2.14. The molecule has 0 atom stereocenters. The summed E-state index contributed by atoms with van der Waals surface area (Å²) in [6, 6.07) is 4.25. The molecular formula is C18H20FN3O3. The summed E-state index contributed by atoms with van der Waals surface area (Å²) in [5.41, 5.74) is 0.690. The number of ether oxygens (including phenoxy) is 1. The van der Waals surface area contributed by atoms with Gasteiger partial charge in [-0.05, 0) is 57.2 Å². The minimum atomic E-state index is -0.604. The number of carbonyl (C=O) groups is 1. The number of amides is 1. The molecule has 7 heteroatoms. The van der Waals surface area contributed by atoms with Gasteiger partial charge in [-0.3, -0.25) is 9.59 Å². The van der Waals surface area contributed by atoms with Crippen LogP contribution in [-0.4, -0.2) is 22.2 Å². The smallest absolute Gasteiger partial charge is 0.277 e. The highest BCUT2D eigenvalue weighted by atomic mass is 19.1. The standard InChI is InChI=1S/C18H20FN3O3/c1-10-11(2)21-22-18(24)16(10)17(23)20-12-7-8-15(14(19)9-12)25-13-5-3-4-6-13/h7-9,13H,3-6H2,1-2H3,(H,20,23)(H,22,24). The van der Waals surface area contributed by atoms with Crippen molar-refractivity contribution in [2.75, 3.05) is 5.32 Å². The van der Waals surface area contributed by atoms with E-state index in [0.29, 0.717) is 11.3 Å². The summed E-state index contributed by atoms with van der Waals surface area (Å²) in [5.74, 6) is -0.965. The topological polar surface area (TPSA) is 84.1 Å². The molecule has 1 aliphatic carbocycles. The number of nitrogens with zero attached hydrogens (tertiary/aromatic N) is 1. The summed E-state index contributed by atoms with van der Waals surface area (Å²) in [4.78, 5) is 24.2. The normalized spacial score (nSPS) is 14.5. The van der Waals surface area contributed by atoms with Crippen molar-refractivity contribution in [1.29, 1.82) is 0 Å². The van der Waals surface area contributed by atoms with Crippen LogP contribution in [0, 0.1) is 19.7 Å². The van der Waals surface area contributed by atoms with Crippen LogP contribution in [0.4, 0.5) is 10.1 Å². The number of anilines is 1. The Balaban J connectivity index is 1.77. The maximum absolute atomic E-state index is 14.2. The molecule has 1 aromatic carbocycles. The molecule has 1 heterocycles. The van der Waals surface area contributed by atoms with Crippen molar-refractivity contribution >= 4 is 11.6 Å². The third kappa shape index (κ3) is 3.70. The zero-order chi connectivity index (χ0) is 18.0. The molecule has 2 N–H and O–H groups in total. The number of nitrogens with one attached hydrogen (secondary N) is 2. The fourth-order valence-electron chi connectivity index (χ4n) is 2.95. The molecular weight excluding hydrogens is 325 g/mol. The predicted molar refractivity (Wildman–Crippen MR) is 91.6 cm³/mol. The second kappa shape index (κ2) is 7.04. The Morgan fingerprint density at radius 2 is 2.04 bits per heavy atom. The number of carbonyl (C=O) groups excluding carboxylic acids is 1. The number of benzene rings is 1. The van der Waals surface area contributed by atoms with Gasteiger partial charge in [0.25, 0.3) is 11.5 Å². The number of rotatable bonds is 4. The van der Waals surface area contributed by atoms with E-state index in [1.165, 1.54) is 12.1 Å². The van der Waals surface area contributed by atoms with Crippen LogP contribution in [0.2, 0.25) is 0 Å². The Kier molecular flexibility index (Phi) is 4.83. The van der Waals surface area contributed by atoms with Crippen LogP contribution in [0.3, 0.4) is 0 Å². The van der Waals surface area contributed by atoms with Gasteiger partial charge in [-0.1, -0.05) is 0 Å². The molecule has 2 aromatic rings. The average Bonchev–Trinajstić information content (AvgIpc) is 3.07. The number of aryl methyl sites for hydroxylation is 1. The lowest BCUT2D eigenvalue weighted by Crippen LogP contribution is -2.26. The van der Waals surface area contributed by atoms with Gasteiger partial charge in [-0.2, -0.15) is 5.10 Å². The molecule has 0 unspecified atom stereocenters. The number of H-pyrrole nitrogens is 1. The number of hydrogen-bond donors (Lipinski definition) is 2. The van der Waals surface area contributed by atoms with Gasteiger partial charge in [0.2, 0.25) is 0 Å². The molecule has 1 fully saturated rings. The SMILES string of the molecule is Cc1n[nH]c(=O)c(C(=O)Nc2ccc(OC3CCCC3)c(F)c2)c1C. The molecule has 6 nitrogen and oxygen atoms in total. The molecule has 0 saturated heterocycles. The van der Waals surface area contributed by atoms with Gasteiger partial charge >= 0.3 is 0 Å². The Hall–Kier alpha value is -2.70. The molecule has 1 amide bonds. The van der Waals surface area contributed by atoms with E-state index in [2.05, 4.69) is 15.5 Å². The van der Waals surface area contributed by atoms with E-state index in [1.54, 1.807) is 19.9 Å². The van der Waals surface area contributed by atoms with Crippen molar-refractivity contribution in [2.24, 2.45) is 0 Å². The highest BCUT2D eigenvalue weighted by Gasteiger charge is 2.19. The maximum atomic E-state index is 14.2. The van der Waals surface area contributed by atoms with E-state index in [0.717, 1.165) is 25.7 Å². The van der Waals surface area contributed by atoms with Crippen LogP contribution in [0.1, 0.15) is 47.3 Å². The summed E-state index contributed by atoms with van der Waals surface area (Å²) in [6.45, 7) is 3.34. The Labute approximate surface area is 144 Å². The lowest BCUT2D eigenvalue weighted by molar-refractivity contribution is 0.102. The quantitative estimate of drug-likeness (QED) is 0.892. The molecule has 1 aromatic heterocycles. The van der Waals surface area contributed by atoms with Crippen molar-refractivity contribution in [3.05, 3.63) is 51.2 Å². The first-order chi connectivity index (χ1) is 12.0. The number of aromatic amines is 1.